The number of nitrogens with one attached hydrogen (secondary N) is 2. The molecule has 0 rings (SSSR count). The number of primary amides is 1. The summed E-state index contributed by atoms with van der Waals surface area (Å²) in [5.74, 6) is -0.136. The summed E-state index contributed by atoms with van der Waals surface area (Å²) >= 11 is 1.56. The first-order chi connectivity index (χ1) is 11.0. The number of ether oxygens (including phenoxy) is 1. The number of hydrogen-bond donors (Lipinski definition) is 3. The zero-order valence-electron chi connectivity index (χ0n) is 15.5. The van der Waals surface area contributed by atoms with Gasteiger partial charge in [0, 0.05) is 0 Å². The first-order valence-electron chi connectivity index (χ1n) is 8.04. The zero-order chi connectivity index (χ0) is 18.9. The van der Waals surface area contributed by atoms with Gasteiger partial charge in [0.2, 0.25) is 11.8 Å². The predicted octanol–water partition coefficient (Wildman–Crippen LogP) is 1.65. The summed E-state index contributed by atoms with van der Waals surface area (Å²) in [6.07, 6.45) is 2.12. The molecule has 0 bridgehead atoms. The topological polar surface area (TPSA) is 111 Å². The van der Waals surface area contributed by atoms with E-state index in [9.17, 15) is 14.4 Å². The first-order valence-corrected chi connectivity index (χ1v) is 9.43. The van der Waals surface area contributed by atoms with Gasteiger partial charge in [0.15, 0.2) is 0 Å². The first kappa shape index (κ1) is 22.6. The van der Waals surface area contributed by atoms with Gasteiger partial charge in [-0.15, -0.1) is 0 Å². The molecule has 0 saturated heterocycles. The van der Waals surface area contributed by atoms with Crippen LogP contribution in [0.4, 0.5) is 4.79 Å². The Morgan fingerprint density at radius 3 is 2.12 bits per heavy atom. The molecule has 0 aliphatic carbocycles. The highest BCUT2D eigenvalue weighted by atomic mass is 32.2. The lowest BCUT2D eigenvalue weighted by molar-refractivity contribution is -0.129. The number of carbonyl (C=O) groups excluding carboxylic acids is 3. The summed E-state index contributed by atoms with van der Waals surface area (Å²) in [6, 6.07) is -1.53. The number of rotatable bonds is 9. The molecule has 0 aliphatic heterocycles. The lowest BCUT2D eigenvalue weighted by Gasteiger charge is -2.25. The molecule has 140 valence electrons. The Morgan fingerprint density at radius 1 is 1.12 bits per heavy atom. The Labute approximate surface area is 148 Å². The maximum atomic E-state index is 12.4. The summed E-state index contributed by atoms with van der Waals surface area (Å²) in [5.41, 5.74) is 4.69. The Kier molecular flexibility index (Phi) is 9.80. The van der Waals surface area contributed by atoms with Crippen LogP contribution in [0.25, 0.3) is 0 Å². The summed E-state index contributed by atoms with van der Waals surface area (Å²) in [7, 11) is 0. The van der Waals surface area contributed by atoms with Crippen molar-refractivity contribution < 1.29 is 19.1 Å². The Hall–Kier alpha value is -1.44. The van der Waals surface area contributed by atoms with E-state index >= 15 is 0 Å². The third-order valence-corrected chi connectivity index (χ3v) is 3.63. The standard InChI is InChI=1S/C16H31N3O4S/c1-10(2)9-12(13(17)20)18-14(21)11(7-8-24-6)19-15(22)23-16(3,4)5/h10-12H,7-9H2,1-6H3,(H2,17,20)(H,18,21)(H,19,22)/t11-,12-/m1/s1. The van der Waals surface area contributed by atoms with Gasteiger partial charge in [0.05, 0.1) is 0 Å². The van der Waals surface area contributed by atoms with E-state index < -0.39 is 35.6 Å². The summed E-state index contributed by atoms with van der Waals surface area (Å²) < 4.78 is 5.19. The molecule has 0 aromatic rings. The van der Waals surface area contributed by atoms with Gasteiger partial charge in [0.1, 0.15) is 17.7 Å². The van der Waals surface area contributed by atoms with Crippen LogP contribution in [0, 0.1) is 5.92 Å². The van der Waals surface area contributed by atoms with Crippen LogP contribution in [0.1, 0.15) is 47.5 Å². The van der Waals surface area contributed by atoms with Crippen molar-refractivity contribution in [1.29, 1.82) is 0 Å². The van der Waals surface area contributed by atoms with Gasteiger partial charge in [-0.2, -0.15) is 11.8 Å². The SMILES string of the molecule is CSCC[C@@H](NC(=O)OC(C)(C)C)C(=O)N[C@H](CC(C)C)C(N)=O. The highest BCUT2D eigenvalue weighted by Crippen LogP contribution is 2.09. The van der Waals surface area contributed by atoms with E-state index in [2.05, 4.69) is 10.6 Å². The van der Waals surface area contributed by atoms with Crippen LogP contribution < -0.4 is 16.4 Å². The van der Waals surface area contributed by atoms with Gasteiger partial charge < -0.3 is 21.1 Å². The fraction of sp³-hybridized carbons (Fsp3) is 0.812. The molecule has 0 aromatic heterocycles. The van der Waals surface area contributed by atoms with E-state index in [4.69, 9.17) is 10.5 Å². The number of alkyl carbamates (subject to hydrolysis) is 1. The molecule has 2 atom stereocenters. The fourth-order valence-corrected chi connectivity index (χ4v) is 2.42. The molecule has 0 unspecified atom stereocenters. The van der Waals surface area contributed by atoms with Crippen molar-refractivity contribution in [3.05, 3.63) is 0 Å². The molecule has 0 spiro atoms. The second-order valence-corrected chi connectivity index (χ2v) is 8.06. The number of nitrogens with two attached hydrogens (primary N) is 1. The normalized spacial score (nSPS) is 14.0. The van der Waals surface area contributed by atoms with Crippen LogP contribution in [-0.2, 0) is 14.3 Å². The van der Waals surface area contributed by atoms with Gasteiger partial charge in [-0.25, -0.2) is 4.79 Å². The molecule has 24 heavy (non-hydrogen) atoms. The number of amides is 3. The maximum Gasteiger partial charge on any atom is 0.408 e. The maximum absolute atomic E-state index is 12.4. The molecule has 0 saturated carbocycles. The zero-order valence-corrected chi connectivity index (χ0v) is 16.3. The van der Waals surface area contributed by atoms with Crippen LogP contribution in [0.3, 0.4) is 0 Å². The fourth-order valence-electron chi connectivity index (χ4n) is 1.94. The third kappa shape index (κ3) is 10.4. The van der Waals surface area contributed by atoms with Gasteiger partial charge >= 0.3 is 6.09 Å². The van der Waals surface area contributed by atoms with Crippen molar-refractivity contribution in [3.8, 4) is 0 Å². The highest BCUT2D eigenvalue weighted by Gasteiger charge is 2.27. The van der Waals surface area contributed by atoms with E-state index in [1.54, 1.807) is 32.5 Å². The monoisotopic (exact) mass is 361 g/mol. The molecule has 0 aliphatic rings. The second kappa shape index (κ2) is 10.4. The van der Waals surface area contributed by atoms with Crippen LogP contribution >= 0.6 is 11.8 Å². The van der Waals surface area contributed by atoms with E-state index in [-0.39, 0.29) is 5.92 Å². The minimum atomic E-state index is -0.777. The van der Waals surface area contributed by atoms with Crippen molar-refractivity contribution in [2.75, 3.05) is 12.0 Å². The quantitative estimate of drug-likeness (QED) is 0.578. The van der Waals surface area contributed by atoms with E-state index in [0.717, 1.165) is 0 Å². The summed E-state index contributed by atoms with van der Waals surface area (Å²) in [6.45, 7) is 9.11. The Morgan fingerprint density at radius 2 is 1.71 bits per heavy atom. The van der Waals surface area contributed by atoms with Crippen molar-refractivity contribution >= 4 is 29.7 Å². The minimum Gasteiger partial charge on any atom is -0.444 e. The molecule has 3 amide bonds. The Balaban J connectivity index is 4.91. The number of thioether (sulfide) groups is 1. The van der Waals surface area contributed by atoms with Crippen molar-refractivity contribution in [2.45, 2.75) is 65.1 Å². The molecule has 0 heterocycles. The molecular formula is C16H31N3O4S. The van der Waals surface area contributed by atoms with Gasteiger partial charge in [-0.05, 0) is 51.5 Å². The number of carbonyl (C=O) groups is 3. The molecule has 0 fully saturated rings. The van der Waals surface area contributed by atoms with Crippen LogP contribution in [0.5, 0.6) is 0 Å². The van der Waals surface area contributed by atoms with Crippen molar-refractivity contribution in [1.82, 2.24) is 10.6 Å². The van der Waals surface area contributed by atoms with E-state index in [0.29, 0.717) is 18.6 Å². The average molecular weight is 362 g/mol. The molecule has 0 aromatic carbocycles. The lowest BCUT2D eigenvalue weighted by atomic mass is 10.0. The molecular weight excluding hydrogens is 330 g/mol. The van der Waals surface area contributed by atoms with Crippen molar-refractivity contribution in [2.24, 2.45) is 11.7 Å². The van der Waals surface area contributed by atoms with Crippen LogP contribution in [0.15, 0.2) is 0 Å². The minimum absolute atomic E-state index is 0.200. The predicted molar refractivity (Wildman–Crippen MR) is 96.7 cm³/mol. The lowest BCUT2D eigenvalue weighted by Crippen LogP contribution is -2.54. The molecule has 7 nitrogen and oxygen atoms in total. The summed E-state index contributed by atoms with van der Waals surface area (Å²) in [4.78, 5) is 35.9. The third-order valence-electron chi connectivity index (χ3n) is 2.99. The van der Waals surface area contributed by atoms with Gasteiger partial charge in [-0.1, -0.05) is 13.8 Å². The smallest absolute Gasteiger partial charge is 0.408 e. The van der Waals surface area contributed by atoms with E-state index in [1.807, 2.05) is 20.1 Å². The Bertz CT molecular complexity index is 436. The molecule has 0 radical (unpaired) electrons. The van der Waals surface area contributed by atoms with Crippen molar-refractivity contribution in [3.63, 3.8) is 0 Å². The van der Waals surface area contributed by atoms with Crippen LogP contribution in [-0.4, -0.2) is 47.6 Å². The average Bonchev–Trinajstić information content (AvgIpc) is 2.39. The van der Waals surface area contributed by atoms with E-state index in [1.165, 1.54) is 0 Å². The largest absolute Gasteiger partial charge is 0.444 e. The van der Waals surface area contributed by atoms with Gasteiger partial charge in [-0.3, -0.25) is 9.59 Å². The highest BCUT2D eigenvalue weighted by molar-refractivity contribution is 7.98. The second-order valence-electron chi connectivity index (χ2n) is 7.07. The number of hydrogen-bond acceptors (Lipinski definition) is 5. The van der Waals surface area contributed by atoms with Crippen LogP contribution in [0.2, 0.25) is 0 Å². The molecule has 8 heteroatoms. The molecule has 4 N–H and O–H groups in total. The summed E-state index contributed by atoms with van der Waals surface area (Å²) in [5, 5.41) is 5.20. The van der Waals surface area contributed by atoms with Gasteiger partial charge in [0.25, 0.3) is 0 Å².